The first kappa shape index (κ1) is 32.8. The zero-order valence-electron chi connectivity index (χ0n) is 24.9. The second-order valence-corrected chi connectivity index (χ2v) is 11.4. The molecule has 2 heterocycles. The van der Waals surface area contributed by atoms with Gasteiger partial charge < -0.3 is 28.4 Å². The number of carbonyl (C=O) groups is 2. The van der Waals surface area contributed by atoms with Crippen LogP contribution in [0, 0.1) is 0 Å². The highest BCUT2D eigenvalue weighted by Gasteiger charge is 2.30. The van der Waals surface area contributed by atoms with Crippen LogP contribution in [0.4, 0.5) is 0 Å². The normalized spacial score (nSPS) is 13.6. The largest absolute Gasteiger partial charge is 0.497 e. The molecule has 0 aliphatic heterocycles. The number of carbonyl (C=O) groups excluding carboxylic acids is 2. The van der Waals surface area contributed by atoms with Crippen molar-refractivity contribution >= 4 is 34.6 Å². The van der Waals surface area contributed by atoms with E-state index in [2.05, 4.69) is 10.6 Å². The van der Waals surface area contributed by atoms with Crippen LogP contribution in [0.3, 0.4) is 0 Å². The maximum absolute atomic E-state index is 12.9. The summed E-state index contributed by atoms with van der Waals surface area (Å²) in [5, 5.41) is 9.78. The first-order chi connectivity index (χ1) is 21.4. The molecule has 234 valence electrons. The molecule has 0 amide bonds. The van der Waals surface area contributed by atoms with Crippen LogP contribution in [-0.4, -0.2) is 52.7 Å². The summed E-state index contributed by atoms with van der Waals surface area (Å²) < 4.78 is 33.9. The SMILES string of the molecule is CNC(CC(Oc1ccc(OC)cc1)c1cccs1)OC(=O)C(=O)OC(CC(Oc1ccc(OC)cc1)c1cccs1)NC. The van der Waals surface area contributed by atoms with Crippen molar-refractivity contribution in [1.82, 2.24) is 10.6 Å². The molecule has 4 unspecified atom stereocenters. The van der Waals surface area contributed by atoms with Crippen molar-refractivity contribution in [3.8, 4) is 23.0 Å². The minimum atomic E-state index is -1.12. The third-order valence-corrected chi connectivity index (χ3v) is 8.49. The van der Waals surface area contributed by atoms with Crippen LogP contribution < -0.4 is 29.6 Å². The van der Waals surface area contributed by atoms with E-state index in [9.17, 15) is 9.59 Å². The molecule has 0 saturated heterocycles. The summed E-state index contributed by atoms with van der Waals surface area (Å²) in [6.07, 6.45) is -2.06. The van der Waals surface area contributed by atoms with Gasteiger partial charge in [0.1, 0.15) is 35.2 Å². The molecule has 2 aromatic carbocycles. The Morgan fingerprint density at radius 2 is 0.977 bits per heavy atom. The van der Waals surface area contributed by atoms with Crippen LogP contribution in [0.2, 0.25) is 0 Å². The number of ether oxygens (including phenoxy) is 6. The number of benzene rings is 2. The van der Waals surface area contributed by atoms with Gasteiger partial charge in [-0.3, -0.25) is 10.6 Å². The van der Waals surface area contributed by atoms with Crippen molar-refractivity contribution in [3.05, 3.63) is 93.3 Å². The number of esters is 2. The van der Waals surface area contributed by atoms with Gasteiger partial charge in [-0.25, -0.2) is 9.59 Å². The summed E-state index contributed by atoms with van der Waals surface area (Å²) in [4.78, 5) is 27.6. The molecule has 0 bridgehead atoms. The van der Waals surface area contributed by atoms with Gasteiger partial charge in [0.15, 0.2) is 12.5 Å². The lowest BCUT2D eigenvalue weighted by Gasteiger charge is -2.25. The lowest BCUT2D eigenvalue weighted by atomic mass is 10.2. The highest BCUT2D eigenvalue weighted by Crippen LogP contribution is 2.32. The number of rotatable bonds is 16. The van der Waals surface area contributed by atoms with Crippen LogP contribution in [0.25, 0.3) is 0 Å². The van der Waals surface area contributed by atoms with Crippen LogP contribution in [-0.2, 0) is 19.1 Å². The van der Waals surface area contributed by atoms with Crippen LogP contribution in [0.5, 0.6) is 23.0 Å². The Morgan fingerprint density at radius 1 is 0.614 bits per heavy atom. The van der Waals surface area contributed by atoms with E-state index >= 15 is 0 Å². The summed E-state index contributed by atoms with van der Waals surface area (Å²) in [6, 6.07) is 22.1. The number of nitrogens with one attached hydrogen (secondary N) is 2. The zero-order chi connectivity index (χ0) is 31.3. The van der Waals surface area contributed by atoms with Gasteiger partial charge in [0.05, 0.1) is 14.2 Å². The molecule has 0 saturated carbocycles. The fourth-order valence-electron chi connectivity index (χ4n) is 4.22. The molecular formula is C32H36N2O8S2. The number of hydrogen-bond acceptors (Lipinski definition) is 12. The molecule has 12 heteroatoms. The van der Waals surface area contributed by atoms with Gasteiger partial charge in [-0.1, -0.05) is 12.1 Å². The molecule has 0 spiro atoms. The van der Waals surface area contributed by atoms with Gasteiger partial charge in [0, 0.05) is 22.6 Å². The minimum Gasteiger partial charge on any atom is -0.497 e. The van der Waals surface area contributed by atoms with E-state index in [0.717, 1.165) is 9.75 Å². The Kier molecular flexibility index (Phi) is 12.4. The van der Waals surface area contributed by atoms with E-state index in [1.807, 2.05) is 35.0 Å². The van der Waals surface area contributed by atoms with E-state index in [0.29, 0.717) is 23.0 Å². The van der Waals surface area contributed by atoms with Crippen LogP contribution in [0.15, 0.2) is 83.6 Å². The first-order valence-electron chi connectivity index (χ1n) is 13.9. The Labute approximate surface area is 264 Å². The molecule has 0 fully saturated rings. The second-order valence-electron chi connectivity index (χ2n) is 9.43. The van der Waals surface area contributed by atoms with E-state index in [1.165, 1.54) is 22.7 Å². The topological polar surface area (TPSA) is 114 Å². The molecule has 4 rings (SSSR count). The lowest BCUT2D eigenvalue weighted by Crippen LogP contribution is -2.39. The van der Waals surface area contributed by atoms with Gasteiger partial charge in [-0.2, -0.15) is 0 Å². The van der Waals surface area contributed by atoms with Crippen molar-refractivity contribution in [2.24, 2.45) is 0 Å². The summed E-state index contributed by atoms with van der Waals surface area (Å²) in [6.45, 7) is 0. The molecule has 2 aromatic heterocycles. The van der Waals surface area contributed by atoms with Gasteiger partial charge in [-0.05, 0) is 85.5 Å². The molecular weight excluding hydrogens is 604 g/mol. The summed E-state index contributed by atoms with van der Waals surface area (Å²) in [5.74, 6) is 0.418. The highest BCUT2D eigenvalue weighted by atomic mass is 32.1. The Hall–Kier alpha value is -4.10. The lowest BCUT2D eigenvalue weighted by molar-refractivity contribution is -0.177. The van der Waals surface area contributed by atoms with Crippen molar-refractivity contribution < 1.29 is 38.0 Å². The molecule has 44 heavy (non-hydrogen) atoms. The zero-order valence-corrected chi connectivity index (χ0v) is 26.5. The quantitative estimate of drug-likeness (QED) is 0.0895. The molecule has 0 aliphatic carbocycles. The van der Waals surface area contributed by atoms with Crippen molar-refractivity contribution in [2.75, 3.05) is 28.3 Å². The standard InChI is InChI=1S/C32H36N2O8S2/c1-33-29(19-25(27-7-5-17-43-27)39-23-13-9-21(37-3)10-14-23)41-31(35)32(36)42-30(34-2)20-26(28-8-6-18-44-28)40-24-15-11-22(38-4)12-16-24/h5-18,25-26,29-30,33-34H,19-20H2,1-4H3. The van der Waals surface area contributed by atoms with E-state index in [4.69, 9.17) is 28.4 Å². The Bertz CT molecular complexity index is 1300. The third-order valence-electron chi connectivity index (χ3n) is 6.56. The fourth-order valence-corrected chi connectivity index (χ4v) is 5.76. The maximum Gasteiger partial charge on any atom is 0.419 e. The van der Waals surface area contributed by atoms with E-state index < -0.39 is 36.6 Å². The molecule has 4 atom stereocenters. The molecule has 2 N–H and O–H groups in total. The number of hydrogen-bond donors (Lipinski definition) is 2. The van der Waals surface area contributed by atoms with Crippen molar-refractivity contribution in [1.29, 1.82) is 0 Å². The third kappa shape index (κ3) is 9.45. The maximum atomic E-state index is 12.9. The van der Waals surface area contributed by atoms with Crippen molar-refractivity contribution in [3.63, 3.8) is 0 Å². The predicted molar refractivity (Wildman–Crippen MR) is 168 cm³/mol. The molecule has 0 aliphatic rings. The molecule has 4 aromatic rings. The minimum absolute atomic E-state index is 0.244. The van der Waals surface area contributed by atoms with E-state index in [1.54, 1.807) is 76.8 Å². The Balaban J connectivity index is 1.37. The second kappa shape index (κ2) is 16.7. The number of thiophene rings is 2. The summed E-state index contributed by atoms with van der Waals surface area (Å²) >= 11 is 3.04. The molecule has 10 nitrogen and oxygen atoms in total. The fraction of sp³-hybridized carbons (Fsp3) is 0.312. The smallest absolute Gasteiger partial charge is 0.419 e. The average Bonchev–Trinajstić information content (AvgIpc) is 3.79. The average molecular weight is 641 g/mol. The first-order valence-corrected chi connectivity index (χ1v) is 15.6. The summed E-state index contributed by atoms with van der Waals surface area (Å²) in [7, 11) is 6.47. The number of methoxy groups -OCH3 is 2. The predicted octanol–water partition coefficient (Wildman–Crippen LogP) is 5.72. The van der Waals surface area contributed by atoms with E-state index in [-0.39, 0.29) is 12.8 Å². The van der Waals surface area contributed by atoms with Crippen molar-refractivity contribution in [2.45, 2.75) is 37.5 Å². The highest BCUT2D eigenvalue weighted by molar-refractivity contribution is 7.10. The van der Waals surface area contributed by atoms with Gasteiger partial charge in [-0.15, -0.1) is 22.7 Å². The van der Waals surface area contributed by atoms with Gasteiger partial charge >= 0.3 is 11.9 Å². The molecule has 0 radical (unpaired) electrons. The van der Waals surface area contributed by atoms with Gasteiger partial charge in [0.25, 0.3) is 0 Å². The van der Waals surface area contributed by atoms with Gasteiger partial charge in [0.2, 0.25) is 0 Å². The van der Waals surface area contributed by atoms with Crippen LogP contribution >= 0.6 is 22.7 Å². The summed E-state index contributed by atoms with van der Waals surface area (Å²) in [5.41, 5.74) is 0. The van der Waals surface area contributed by atoms with Crippen LogP contribution in [0.1, 0.15) is 34.8 Å². The Morgan fingerprint density at radius 3 is 1.27 bits per heavy atom. The monoisotopic (exact) mass is 640 g/mol.